The number of benzene rings is 1. The molecule has 5 nitrogen and oxygen atoms in total. The van der Waals surface area contributed by atoms with Crippen molar-refractivity contribution in [2.75, 3.05) is 31.1 Å². The van der Waals surface area contributed by atoms with Crippen molar-refractivity contribution in [3.05, 3.63) is 24.3 Å². The molecule has 0 spiro atoms. The van der Waals surface area contributed by atoms with Crippen LogP contribution < -0.4 is 14.9 Å². The van der Waals surface area contributed by atoms with E-state index in [0.717, 1.165) is 31.7 Å². The summed E-state index contributed by atoms with van der Waals surface area (Å²) in [6.45, 7) is 9.54. The maximum Gasteiger partial charge on any atom is 0.240 e. The minimum atomic E-state index is -3.37. The van der Waals surface area contributed by atoms with Gasteiger partial charge in [-0.15, -0.1) is 0 Å². The largest absolute Gasteiger partial charge is 0.368 e. The average molecular weight is 311 g/mol. The second-order valence-electron chi connectivity index (χ2n) is 6.12. The van der Waals surface area contributed by atoms with E-state index in [1.807, 2.05) is 19.1 Å². The van der Waals surface area contributed by atoms with E-state index in [9.17, 15) is 8.42 Å². The third-order valence-corrected chi connectivity index (χ3v) is 5.10. The first-order chi connectivity index (χ1) is 9.84. The zero-order valence-electron chi connectivity index (χ0n) is 13.0. The SMILES string of the molecule is CCCNS(=O)(=O)c1ccc(N2CCNC(C)(C)C2)cc1. The van der Waals surface area contributed by atoms with E-state index in [2.05, 4.69) is 28.8 Å². The summed E-state index contributed by atoms with van der Waals surface area (Å²) in [5.41, 5.74) is 1.14. The van der Waals surface area contributed by atoms with Gasteiger partial charge in [-0.1, -0.05) is 6.92 Å². The minimum absolute atomic E-state index is 0.0751. The van der Waals surface area contributed by atoms with Gasteiger partial charge < -0.3 is 10.2 Å². The Hall–Kier alpha value is -1.11. The van der Waals surface area contributed by atoms with Gasteiger partial charge in [-0.2, -0.15) is 0 Å². The molecule has 1 aliphatic rings. The quantitative estimate of drug-likeness (QED) is 0.866. The molecule has 0 amide bonds. The highest BCUT2D eigenvalue weighted by Crippen LogP contribution is 2.21. The zero-order chi connectivity index (χ0) is 15.5. The Kier molecular flexibility index (Phi) is 4.91. The Morgan fingerprint density at radius 2 is 1.95 bits per heavy atom. The lowest BCUT2D eigenvalue weighted by molar-refractivity contribution is 0.353. The van der Waals surface area contributed by atoms with Gasteiger partial charge in [0.1, 0.15) is 0 Å². The standard InChI is InChI=1S/C15H25N3O2S/c1-4-9-17-21(19,20)14-7-5-13(6-8-14)18-11-10-16-15(2,3)12-18/h5-8,16-17H,4,9-12H2,1-3H3. The fourth-order valence-corrected chi connectivity index (χ4v) is 3.65. The van der Waals surface area contributed by atoms with Crippen LogP contribution in [0.4, 0.5) is 5.69 Å². The highest BCUT2D eigenvalue weighted by molar-refractivity contribution is 7.89. The van der Waals surface area contributed by atoms with Crippen molar-refractivity contribution in [2.24, 2.45) is 0 Å². The molecule has 0 saturated carbocycles. The monoisotopic (exact) mass is 311 g/mol. The summed E-state index contributed by atoms with van der Waals surface area (Å²) in [5.74, 6) is 0. The molecule has 1 heterocycles. The summed E-state index contributed by atoms with van der Waals surface area (Å²) >= 11 is 0. The Morgan fingerprint density at radius 3 is 2.52 bits per heavy atom. The van der Waals surface area contributed by atoms with Gasteiger partial charge in [-0.3, -0.25) is 0 Å². The number of hydrogen-bond acceptors (Lipinski definition) is 4. The van der Waals surface area contributed by atoms with E-state index in [-0.39, 0.29) is 5.54 Å². The lowest BCUT2D eigenvalue weighted by Crippen LogP contribution is -2.57. The van der Waals surface area contributed by atoms with Crippen LogP contribution in [0.15, 0.2) is 29.2 Å². The van der Waals surface area contributed by atoms with E-state index in [1.54, 1.807) is 12.1 Å². The van der Waals surface area contributed by atoms with Gasteiger partial charge in [0.2, 0.25) is 10.0 Å². The zero-order valence-corrected chi connectivity index (χ0v) is 13.8. The van der Waals surface area contributed by atoms with Gasteiger partial charge in [0.05, 0.1) is 4.90 Å². The minimum Gasteiger partial charge on any atom is -0.368 e. The average Bonchev–Trinajstić information content (AvgIpc) is 2.44. The number of nitrogens with one attached hydrogen (secondary N) is 2. The van der Waals surface area contributed by atoms with Crippen molar-refractivity contribution in [1.29, 1.82) is 0 Å². The van der Waals surface area contributed by atoms with E-state index in [0.29, 0.717) is 11.4 Å². The summed E-state index contributed by atoms with van der Waals surface area (Å²) in [7, 11) is -3.37. The molecule has 6 heteroatoms. The van der Waals surface area contributed by atoms with Gasteiger partial charge in [0, 0.05) is 37.4 Å². The molecule has 118 valence electrons. The molecule has 1 fully saturated rings. The first-order valence-electron chi connectivity index (χ1n) is 7.44. The van der Waals surface area contributed by atoms with Crippen molar-refractivity contribution < 1.29 is 8.42 Å². The molecule has 1 aromatic carbocycles. The molecule has 0 aliphatic carbocycles. The fourth-order valence-electron chi connectivity index (χ4n) is 2.52. The molecule has 2 rings (SSSR count). The summed E-state index contributed by atoms with van der Waals surface area (Å²) < 4.78 is 26.7. The third-order valence-electron chi connectivity index (χ3n) is 3.63. The Balaban J connectivity index is 2.12. The van der Waals surface area contributed by atoms with Crippen LogP contribution in [-0.4, -0.2) is 40.1 Å². The normalized spacial score (nSPS) is 18.7. The van der Waals surface area contributed by atoms with E-state index >= 15 is 0 Å². The topological polar surface area (TPSA) is 61.4 Å². The lowest BCUT2D eigenvalue weighted by atomic mass is 10.0. The van der Waals surface area contributed by atoms with Gasteiger partial charge in [-0.05, 0) is 44.5 Å². The van der Waals surface area contributed by atoms with E-state index in [4.69, 9.17) is 0 Å². The van der Waals surface area contributed by atoms with Crippen LogP contribution in [0.2, 0.25) is 0 Å². The predicted molar refractivity (Wildman–Crippen MR) is 86.2 cm³/mol. The smallest absolute Gasteiger partial charge is 0.240 e. The highest BCUT2D eigenvalue weighted by atomic mass is 32.2. The molecule has 0 bridgehead atoms. The molecule has 0 aromatic heterocycles. The van der Waals surface area contributed by atoms with E-state index in [1.165, 1.54) is 0 Å². The first kappa shape index (κ1) is 16.3. The summed E-state index contributed by atoms with van der Waals surface area (Å²) in [4.78, 5) is 2.61. The van der Waals surface area contributed by atoms with Crippen LogP contribution >= 0.6 is 0 Å². The molecule has 0 radical (unpaired) electrons. The van der Waals surface area contributed by atoms with Crippen molar-refractivity contribution in [2.45, 2.75) is 37.6 Å². The molecule has 1 aromatic rings. The van der Waals surface area contributed by atoms with Gasteiger partial charge in [0.25, 0.3) is 0 Å². The lowest BCUT2D eigenvalue weighted by Gasteiger charge is -2.40. The van der Waals surface area contributed by atoms with Crippen LogP contribution in [0.3, 0.4) is 0 Å². The molecule has 0 unspecified atom stereocenters. The molecule has 0 atom stereocenters. The van der Waals surface area contributed by atoms with Gasteiger partial charge in [0.15, 0.2) is 0 Å². The number of piperazine rings is 1. The Bertz CT molecular complexity index is 567. The van der Waals surface area contributed by atoms with Crippen LogP contribution in [0, 0.1) is 0 Å². The van der Waals surface area contributed by atoms with Crippen LogP contribution in [0.25, 0.3) is 0 Å². The van der Waals surface area contributed by atoms with Crippen molar-refractivity contribution in [3.63, 3.8) is 0 Å². The second kappa shape index (κ2) is 6.34. The van der Waals surface area contributed by atoms with Gasteiger partial charge >= 0.3 is 0 Å². The summed E-state index contributed by atoms with van der Waals surface area (Å²) in [5, 5.41) is 3.47. The predicted octanol–water partition coefficient (Wildman–Crippen LogP) is 1.56. The van der Waals surface area contributed by atoms with Crippen molar-refractivity contribution >= 4 is 15.7 Å². The number of sulfonamides is 1. The fraction of sp³-hybridized carbons (Fsp3) is 0.600. The molecule has 1 saturated heterocycles. The van der Waals surface area contributed by atoms with Crippen molar-refractivity contribution in [3.8, 4) is 0 Å². The molecule has 1 aliphatic heterocycles. The highest BCUT2D eigenvalue weighted by Gasteiger charge is 2.26. The summed E-state index contributed by atoms with van der Waals surface area (Å²) in [6, 6.07) is 7.15. The molecule has 21 heavy (non-hydrogen) atoms. The number of hydrogen-bond donors (Lipinski definition) is 2. The maximum absolute atomic E-state index is 12.0. The number of nitrogens with zero attached hydrogens (tertiary/aromatic N) is 1. The second-order valence-corrected chi connectivity index (χ2v) is 7.89. The molecular weight excluding hydrogens is 286 g/mol. The van der Waals surface area contributed by atoms with Crippen LogP contribution in [0.5, 0.6) is 0 Å². The summed E-state index contributed by atoms with van der Waals surface area (Å²) in [6.07, 6.45) is 0.785. The van der Waals surface area contributed by atoms with Gasteiger partial charge in [-0.25, -0.2) is 13.1 Å². The van der Waals surface area contributed by atoms with Crippen LogP contribution in [-0.2, 0) is 10.0 Å². The van der Waals surface area contributed by atoms with Crippen molar-refractivity contribution in [1.82, 2.24) is 10.0 Å². The number of anilines is 1. The van der Waals surface area contributed by atoms with E-state index < -0.39 is 10.0 Å². The maximum atomic E-state index is 12.0. The number of rotatable bonds is 5. The third kappa shape index (κ3) is 4.18. The Morgan fingerprint density at radius 1 is 1.29 bits per heavy atom. The molecule has 2 N–H and O–H groups in total. The van der Waals surface area contributed by atoms with Crippen LogP contribution in [0.1, 0.15) is 27.2 Å². The first-order valence-corrected chi connectivity index (χ1v) is 8.92. The Labute approximate surface area is 127 Å². The molecular formula is C15H25N3O2S.